The maximum absolute atomic E-state index is 11.6. The lowest BCUT2D eigenvalue weighted by molar-refractivity contribution is -0.168. The average Bonchev–Trinajstić information content (AvgIpc) is 2.58. The number of hydrogen-bond acceptors (Lipinski definition) is 6. The van der Waals surface area contributed by atoms with Gasteiger partial charge in [0.25, 0.3) is 5.91 Å². The van der Waals surface area contributed by atoms with Gasteiger partial charge < -0.3 is 15.4 Å². The maximum Gasteiger partial charge on any atom is 0.267 e. The third kappa shape index (κ3) is 3.63. The fraction of sp³-hybridized carbons (Fsp3) is 0.667. The summed E-state index contributed by atoms with van der Waals surface area (Å²) in [7, 11) is -1.26. The molecule has 2 aliphatic rings. The zero-order valence-electron chi connectivity index (χ0n) is 15.3. The number of primary amides is 1. The quantitative estimate of drug-likeness (QED) is 0.782. The Kier molecular flexibility index (Phi) is 5.37. The number of ether oxygens (including phenoxy) is 1. The number of piperidine rings is 1. The lowest BCUT2D eigenvalue weighted by Gasteiger charge is -2.55. The molecule has 2 heterocycles. The molecule has 144 valence electrons. The summed E-state index contributed by atoms with van der Waals surface area (Å²) in [6.45, 7) is 2.12. The van der Waals surface area contributed by atoms with Crippen molar-refractivity contribution in [3.63, 3.8) is 0 Å². The smallest absolute Gasteiger partial charge is 0.267 e. The van der Waals surface area contributed by atoms with Crippen LogP contribution in [0.4, 0.5) is 0 Å². The number of hydrogen-bond donors (Lipinski definition) is 1. The Morgan fingerprint density at radius 3 is 2.58 bits per heavy atom. The molecule has 1 saturated carbocycles. The molecule has 1 aromatic heterocycles. The molecule has 2 unspecified atom stereocenters. The van der Waals surface area contributed by atoms with Crippen molar-refractivity contribution < 1.29 is 17.9 Å². The largest absolute Gasteiger partial charge is 0.373 e. The molecule has 2 bridgehead atoms. The van der Waals surface area contributed by atoms with Gasteiger partial charge in [-0.15, -0.1) is 0 Å². The summed E-state index contributed by atoms with van der Waals surface area (Å²) in [5.41, 5.74) is 6.12. The summed E-state index contributed by atoms with van der Waals surface area (Å²) in [6, 6.07) is 3.66. The normalized spacial score (nSPS) is 29.5. The molecule has 26 heavy (non-hydrogen) atoms. The van der Waals surface area contributed by atoms with Crippen LogP contribution in [-0.4, -0.2) is 63.0 Å². The van der Waals surface area contributed by atoms with Gasteiger partial charge in [0.05, 0.1) is 5.75 Å². The van der Waals surface area contributed by atoms with Crippen LogP contribution < -0.4 is 5.73 Å². The van der Waals surface area contributed by atoms with Crippen LogP contribution in [0.1, 0.15) is 35.3 Å². The molecule has 0 radical (unpaired) electrons. The van der Waals surface area contributed by atoms with Gasteiger partial charge in [-0.05, 0) is 30.5 Å². The van der Waals surface area contributed by atoms with Gasteiger partial charge in [0.2, 0.25) is 0 Å². The number of aromatic nitrogens is 1. The minimum Gasteiger partial charge on any atom is -0.373 e. The van der Waals surface area contributed by atoms with E-state index < -0.39 is 21.3 Å². The number of sulfone groups is 1. The van der Waals surface area contributed by atoms with Crippen molar-refractivity contribution >= 4 is 15.7 Å². The molecule has 2 N–H and O–H groups in total. The van der Waals surface area contributed by atoms with E-state index in [1.165, 1.54) is 6.26 Å². The Morgan fingerprint density at radius 1 is 1.38 bits per heavy atom. The second-order valence-corrected chi connectivity index (χ2v) is 9.77. The average molecular weight is 381 g/mol. The molecule has 8 heteroatoms. The van der Waals surface area contributed by atoms with Crippen LogP contribution in [0.15, 0.2) is 18.3 Å². The fourth-order valence-electron chi connectivity index (χ4n) is 4.73. The van der Waals surface area contributed by atoms with Crippen LogP contribution in [-0.2, 0) is 20.2 Å². The molecule has 2 fully saturated rings. The zero-order chi connectivity index (χ0) is 18.9. The van der Waals surface area contributed by atoms with Gasteiger partial charge in [-0.25, -0.2) is 8.42 Å². The summed E-state index contributed by atoms with van der Waals surface area (Å²) < 4.78 is 29.2. The van der Waals surface area contributed by atoms with E-state index >= 15 is 0 Å². The van der Waals surface area contributed by atoms with Crippen LogP contribution in [0, 0.1) is 11.8 Å². The monoisotopic (exact) mass is 381 g/mol. The number of pyridine rings is 1. The lowest BCUT2D eigenvalue weighted by Crippen LogP contribution is -2.59. The summed E-state index contributed by atoms with van der Waals surface area (Å²) in [5, 5.41) is 0. The molecule has 1 saturated heterocycles. The number of carbonyl (C=O) groups is 1. The molecule has 1 aliphatic heterocycles. The summed E-state index contributed by atoms with van der Waals surface area (Å²) in [5.74, 6) is 0.104. The van der Waals surface area contributed by atoms with Gasteiger partial charge in [0, 0.05) is 51.0 Å². The third-order valence-corrected chi connectivity index (χ3v) is 6.78. The van der Waals surface area contributed by atoms with Crippen molar-refractivity contribution in [2.75, 3.05) is 38.8 Å². The van der Waals surface area contributed by atoms with Crippen molar-refractivity contribution in [3.05, 3.63) is 29.6 Å². The highest BCUT2D eigenvalue weighted by molar-refractivity contribution is 7.90. The van der Waals surface area contributed by atoms with E-state index in [-0.39, 0.29) is 23.3 Å². The van der Waals surface area contributed by atoms with Gasteiger partial charge in [0.15, 0.2) is 0 Å². The van der Waals surface area contributed by atoms with Crippen LogP contribution in [0.5, 0.6) is 0 Å². The first kappa shape index (κ1) is 19.3. The highest BCUT2D eigenvalue weighted by Gasteiger charge is 2.53. The van der Waals surface area contributed by atoms with Crippen molar-refractivity contribution in [1.82, 2.24) is 9.88 Å². The number of rotatable bonds is 6. The van der Waals surface area contributed by atoms with E-state index in [0.717, 1.165) is 37.9 Å². The lowest BCUT2D eigenvalue weighted by atomic mass is 9.62. The van der Waals surface area contributed by atoms with Gasteiger partial charge in [-0.2, -0.15) is 0 Å². The second kappa shape index (κ2) is 7.25. The Labute approximate surface area is 154 Å². The molecule has 1 aliphatic carbocycles. The summed E-state index contributed by atoms with van der Waals surface area (Å²) in [6.07, 6.45) is 6.04. The molecule has 2 atom stereocenters. The molecule has 7 nitrogen and oxygen atoms in total. The Balaban J connectivity index is 1.90. The van der Waals surface area contributed by atoms with Crippen LogP contribution >= 0.6 is 0 Å². The van der Waals surface area contributed by atoms with Gasteiger partial charge >= 0.3 is 0 Å². The zero-order valence-corrected chi connectivity index (χ0v) is 16.2. The molecule has 1 aromatic rings. The third-order valence-electron chi connectivity index (χ3n) is 5.85. The number of likely N-dealkylation sites (tertiary alicyclic amines) is 1. The minimum absolute atomic E-state index is 0.174. The summed E-state index contributed by atoms with van der Waals surface area (Å²) >= 11 is 0. The number of carbonyl (C=O) groups excluding carboxylic acids is 1. The first-order valence-electron chi connectivity index (χ1n) is 8.98. The second-order valence-electron chi connectivity index (χ2n) is 7.51. The van der Waals surface area contributed by atoms with Crippen LogP contribution in [0.2, 0.25) is 0 Å². The first-order chi connectivity index (χ1) is 12.3. The fourth-order valence-corrected chi connectivity index (χ4v) is 5.32. The highest BCUT2D eigenvalue weighted by Crippen LogP contribution is 2.51. The van der Waals surface area contributed by atoms with E-state index in [1.807, 2.05) is 6.07 Å². The highest BCUT2D eigenvalue weighted by atomic mass is 32.2. The van der Waals surface area contributed by atoms with Gasteiger partial charge in [0.1, 0.15) is 21.1 Å². The molecular formula is C18H27N3O4S. The predicted molar refractivity (Wildman–Crippen MR) is 98.4 cm³/mol. The van der Waals surface area contributed by atoms with Crippen molar-refractivity contribution in [1.29, 1.82) is 0 Å². The Morgan fingerprint density at radius 2 is 2.04 bits per heavy atom. The Hall–Kier alpha value is -1.51. The maximum atomic E-state index is 11.6. The SMILES string of the molecule is COC1(c2ccnc(C(N)=O)c2)C2CCCC1CN(CCS(C)(=O)=O)C2. The van der Waals surface area contributed by atoms with E-state index in [2.05, 4.69) is 9.88 Å². The molecule has 0 aromatic carbocycles. The number of amides is 1. The van der Waals surface area contributed by atoms with E-state index in [1.54, 1.807) is 19.4 Å². The number of methoxy groups -OCH3 is 1. The molecule has 1 amide bonds. The van der Waals surface area contributed by atoms with Crippen LogP contribution in [0.3, 0.4) is 0 Å². The molecular weight excluding hydrogens is 354 g/mol. The standard InChI is InChI=1S/C18H27N3O4S/c1-25-18(13-6-7-20-16(10-13)17(19)22)14-4-3-5-15(18)12-21(11-14)8-9-26(2,23)24/h6-7,10,14-15H,3-5,8-9,11-12H2,1-2H3,(H2,19,22). The predicted octanol–water partition coefficient (Wildman–Crippen LogP) is 0.799. The molecule has 3 rings (SSSR count). The van der Waals surface area contributed by atoms with Crippen molar-refractivity contribution in [3.8, 4) is 0 Å². The number of nitrogens with zero attached hydrogens (tertiary/aromatic N) is 2. The van der Waals surface area contributed by atoms with E-state index in [9.17, 15) is 13.2 Å². The van der Waals surface area contributed by atoms with Crippen LogP contribution in [0.25, 0.3) is 0 Å². The number of fused-ring (bicyclic) bond motifs is 2. The first-order valence-corrected chi connectivity index (χ1v) is 11.0. The van der Waals surface area contributed by atoms with E-state index in [4.69, 9.17) is 10.5 Å². The van der Waals surface area contributed by atoms with Gasteiger partial charge in [-0.1, -0.05) is 6.42 Å². The van der Waals surface area contributed by atoms with Gasteiger partial charge in [-0.3, -0.25) is 9.78 Å². The van der Waals surface area contributed by atoms with Crippen molar-refractivity contribution in [2.24, 2.45) is 17.6 Å². The topological polar surface area (TPSA) is 103 Å². The van der Waals surface area contributed by atoms with E-state index in [0.29, 0.717) is 6.54 Å². The summed E-state index contributed by atoms with van der Waals surface area (Å²) in [4.78, 5) is 17.9. The Bertz CT molecular complexity index is 766. The number of nitrogens with two attached hydrogens (primary N) is 1. The van der Waals surface area contributed by atoms with Crippen molar-refractivity contribution in [2.45, 2.75) is 24.9 Å². The molecule has 0 spiro atoms. The minimum atomic E-state index is -2.98.